The number of rotatable bonds is 10. The number of likely N-dealkylation sites (tertiary alicyclic amines) is 1. The highest BCUT2D eigenvalue weighted by atomic mass is 79.9. The monoisotopic (exact) mass is 1010 g/mol. The van der Waals surface area contributed by atoms with Crippen LogP contribution >= 0.6 is 31.9 Å². The van der Waals surface area contributed by atoms with Crippen molar-refractivity contribution >= 4 is 67.1 Å². The lowest BCUT2D eigenvalue weighted by atomic mass is 9.92. The Morgan fingerprint density at radius 2 is 1.14 bits per heavy atom. The summed E-state index contributed by atoms with van der Waals surface area (Å²) in [7, 11) is 2.46. The lowest BCUT2D eigenvalue weighted by molar-refractivity contribution is -0.139. The van der Waals surface area contributed by atoms with Crippen molar-refractivity contribution < 1.29 is 33.8 Å². The highest BCUT2D eigenvalue weighted by Gasteiger charge is 2.46. The van der Waals surface area contributed by atoms with Gasteiger partial charge < -0.3 is 41.6 Å². The van der Waals surface area contributed by atoms with E-state index in [9.17, 15) is 19.2 Å². The van der Waals surface area contributed by atoms with E-state index in [1.165, 1.54) is 42.9 Å². The molecule has 0 aromatic heterocycles. The van der Waals surface area contributed by atoms with Crippen molar-refractivity contribution in [3.8, 4) is 0 Å². The zero-order valence-corrected chi connectivity index (χ0v) is 39.4. The fourth-order valence-corrected chi connectivity index (χ4v) is 8.80. The van der Waals surface area contributed by atoms with E-state index in [-0.39, 0.29) is 11.6 Å². The van der Waals surface area contributed by atoms with Crippen molar-refractivity contribution in [2.45, 2.75) is 61.9 Å². The molecule has 0 unspecified atom stereocenters. The molecule has 4 aromatic rings. The summed E-state index contributed by atoms with van der Waals surface area (Å²) in [5.41, 5.74) is 20.6. The molecular weight excluding hydrogens is 956 g/mol. The summed E-state index contributed by atoms with van der Waals surface area (Å²) in [6.45, 7) is 1.56. The fourth-order valence-electron chi connectivity index (χ4n) is 8.28. The quantitative estimate of drug-likeness (QED) is 0.0892. The second kappa shape index (κ2) is 22.4. The molecule has 2 aliphatic carbocycles. The number of ether oxygens (including phenoxy) is 2. The van der Waals surface area contributed by atoms with E-state index >= 15 is 0 Å². The maximum Gasteiger partial charge on any atom is 0.407 e. The zero-order valence-electron chi connectivity index (χ0n) is 36.3. The Hall–Kier alpha value is -5.84. The van der Waals surface area contributed by atoms with Crippen LogP contribution in [0.2, 0.25) is 0 Å². The van der Waals surface area contributed by atoms with E-state index in [0.717, 1.165) is 45.9 Å². The van der Waals surface area contributed by atoms with Crippen molar-refractivity contribution in [3.63, 3.8) is 0 Å². The molecule has 2 fully saturated rings. The second-order valence-electron chi connectivity index (χ2n) is 16.0. The molecule has 2 aliphatic heterocycles. The summed E-state index contributed by atoms with van der Waals surface area (Å²) in [6.07, 6.45) is 12.4. The van der Waals surface area contributed by atoms with E-state index in [4.69, 9.17) is 21.3 Å². The van der Waals surface area contributed by atoms with Crippen LogP contribution in [0.1, 0.15) is 72.9 Å². The minimum absolute atomic E-state index is 0.236. The van der Waals surface area contributed by atoms with Gasteiger partial charge >= 0.3 is 18.2 Å². The number of carboxylic acids is 1. The van der Waals surface area contributed by atoms with E-state index in [1.807, 2.05) is 48.5 Å². The van der Waals surface area contributed by atoms with E-state index in [2.05, 4.69) is 107 Å². The lowest BCUT2D eigenvalue weighted by Crippen LogP contribution is -2.58. The van der Waals surface area contributed by atoms with Gasteiger partial charge in [-0.25, -0.2) is 14.4 Å². The van der Waals surface area contributed by atoms with Gasteiger partial charge in [-0.1, -0.05) is 141 Å². The highest BCUT2D eigenvalue weighted by Crippen LogP contribution is 2.41. The lowest BCUT2D eigenvalue weighted by Gasteiger charge is -2.38. The van der Waals surface area contributed by atoms with Gasteiger partial charge in [0.2, 0.25) is 0 Å². The summed E-state index contributed by atoms with van der Waals surface area (Å²) in [5, 5.41) is 17.2. The number of hydrogen-bond acceptors (Lipinski definition) is 9. The number of nitrogens with one attached hydrogen (secondary N) is 3. The average Bonchev–Trinajstić information content (AvgIpc) is 4.17. The molecule has 2 heterocycles. The molecule has 8 rings (SSSR count). The maximum atomic E-state index is 13.7. The number of benzene rings is 4. The van der Waals surface area contributed by atoms with Crippen molar-refractivity contribution in [2.75, 3.05) is 27.3 Å². The molecule has 0 spiro atoms. The molecule has 3 amide bonds. The van der Waals surface area contributed by atoms with Crippen molar-refractivity contribution in [3.05, 3.63) is 176 Å². The Morgan fingerprint density at radius 1 is 0.662 bits per heavy atom. The van der Waals surface area contributed by atoms with Crippen LogP contribution in [0.4, 0.5) is 9.59 Å². The van der Waals surface area contributed by atoms with Gasteiger partial charge in [-0.15, -0.1) is 0 Å². The molecule has 340 valence electrons. The van der Waals surface area contributed by atoms with Crippen LogP contribution in [0.25, 0.3) is 11.1 Å². The van der Waals surface area contributed by atoms with Crippen molar-refractivity contribution in [1.29, 1.82) is 0 Å². The zero-order chi connectivity index (χ0) is 46.6. The molecule has 4 aromatic carbocycles. The van der Waals surface area contributed by atoms with Crippen LogP contribution < -0.4 is 27.4 Å². The van der Waals surface area contributed by atoms with Gasteiger partial charge in [0.1, 0.15) is 11.7 Å². The van der Waals surface area contributed by atoms with Gasteiger partial charge in [0.05, 0.1) is 19.9 Å². The first-order chi connectivity index (χ1) is 31.2. The Labute approximate surface area is 396 Å². The van der Waals surface area contributed by atoms with Crippen molar-refractivity contribution in [1.82, 2.24) is 20.9 Å². The largest absolute Gasteiger partial charge is 0.479 e. The van der Waals surface area contributed by atoms with Gasteiger partial charge in [-0.3, -0.25) is 10.1 Å². The van der Waals surface area contributed by atoms with Crippen LogP contribution in [0.5, 0.6) is 0 Å². The molecular formula is C50H54Br2N6O7. The number of alkyl carbamates (subject to hydrolysis) is 2. The van der Waals surface area contributed by atoms with Crippen LogP contribution in [0.3, 0.4) is 0 Å². The van der Waals surface area contributed by atoms with Gasteiger partial charge in [0, 0.05) is 15.5 Å². The number of aliphatic carboxylic acids is 1. The number of carbonyl (C=O) groups is 4. The van der Waals surface area contributed by atoms with E-state index in [0.29, 0.717) is 30.5 Å². The number of nitrogens with zero attached hydrogens (tertiary/aromatic N) is 1. The summed E-state index contributed by atoms with van der Waals surface area (Å²) in [5.74, 6) is -1.37. The third-order valence-corrected chi connectivity index (χ3v) is 12.9. The maximum absolute atomic E-state index is 13.7. The molecule has 0 radical (unpaired) electrons. The molecule has 0 saturated carbocycles. The molecule has 0 bridgehead atoms. The average molecular weight is 1010 g/mol. The fraction of sp³-hybridized carbons (Fsp3) is 0.280. The highest BCUT2D eigenvalue weighted by molar-refractivity contribution is 9.10. The van der Waals surface area contributed by atoms with E-state index in [1.54, 1.807) is 35.2 Å². The Bertz CT molecular complexity index is 2440. The number of carboxylic acid groups (broad SMARTS) is 1. The topological polar surface area (TPSA) is 198 Å². The number of nitrogens with two attached hydrogens (primary N) is 2. The molecule has 65 heavy (non-hydrogen) atoms. The number of halogens is 2. The van der Waals surface area contributed by atoms with Crippen molar-refractivity contribution in [2.24, 2.45) is 11.5 Å². The number of allylic oxidation sites excluding steroid dienone is 6. The van der Waals surface area contributed by atoms with Crippen LogP contribution in [-0.4, -0.2) is 72.7 Å². The normalized spacial score (nSPS) is 20.6. The minimum atomic E-state index is -1.13. The molecule has 4 aliphatic rings. The van der Waals surface area contributed by atoms with Gasteiger partial charge in [-0.2, -0.15) is 0 Å². The Morgan fingerprint density at radius 3 is 1.62 bits per heavy atom. The molecule has 15 heteroatoms. The Balaban J connectivity index is 0.000000179. The van der Waals surface area contributed by atoms with Gasteiger partial charge in [0.25, 0.3) is 5.91 Å². The van der Waals surface area contributed by atoms with Crippen LogP contribution in [-0.2, 0) is 19.1 Å². The summed E-state index contributed by atoms with van der Waals surface area (Å²) in [4.78, 5) is 49.2. The summed E-state index contributed by atoms with van der Waals surface area (Å²) >= 11 is 6.94. The van der Waals surface area contributed by atoms with Crippen LogP contribution in [0, 0.1) is 0 Å². The minimum Gasteiger partial charge on any atom is -0.479 e. The number of methoxy groups -OCH3 is 2. The number of amides is 3. The summed E-state index contributed by atoms with van der Waals surface area (Å²) in [6, 6.07) is 32.2. The van der Waals surface area contributed by atoms with E-state index < -0.39 is 35.9 Å². The molecule has 2 saturated heterocycles. The van der Waals surface area contributed by atoms with Crippen LogP contribution in [0.15, 0.2) is 154 Å². The first-order valence-electron chi connectivity index (χ1n) is 21.2. The standard InChI is InChI=1S/C25H26BrN3O3.C15H17BrN2.C10H11NO4/c1-32-24(31)28-22(18-6-3-2-4-7-18)23(30)29-15-5-14-25(29,27)20-11-8-19(16-20)17-9-12-21(26)13-10-17;16-14-6-3-11(4-7-14)12-2-5-13(10-12)15(17)8-1-9-18-15;1-15-10(14)11-8(9(12)13)7-5-3-2-4-6-7/h2-4,6-13,22H,5,14-16,27H2,1H3,(H,28,31);2-7,18H,1,8-10,17H2;2-6,8H,1H3,(H,11,14)(H,12,13)/t22-,25+;15-;8-/m101/s1. The smallest absolute Gasteiger partial charge is 0.407 e. The SMILES string of the molecule is COC(=O)N[C@@H](C(=O)N1CCC[C@@]1(N)C1=CC=C(c2ccc(Br)cc2)C1)c1ccccc1.COC(=O)N[C@@H](C(=O)O)c1ccccc1.N[C@@]1(C2=CC=C(c3ccc(Br)cc3)C2)CCCN1. The first-order valence-corrected chi connectivity index (χ1v) is 22.8. The first kappa shape index (κ1) is 48.6. The van der Waals surface area contributed by atoms with Gasteiger partial charge in [0.15, 0.2) is 6.04 Å². The molecule has 13 nitrogen and oxygen atoms in total. The summed E-state index contributed by atoms with van der Waals surface area (Å²) < 4.78 is 11.2. The third kappa shape index (κ3) is 12.3. The number of carbonyl (C=O) groups excluding carboxylic acids is 3. The second-order valence-corrected chi connectivity index (χ2v) is 17.8. The predicted octanol–water partition coefficient (Wildman–Crippen LogP) is 8.91. The Kier molecular flexibility index (Phi) is 16.7. The molecule has 4 atom stereocenters. The third-order valence-electron chi connectivity index (χ3n) is 11.8. The number of hydrogen-bond donors (Lipinski definition) is 6. The van der Waals surface area contributed by atoms with Gasteiger partial charge in [-0.05, 0) is 114 Å². The molecule has 8 N–H and O–H groups in total. The predicted molar refractivity (Wildman–Crippen MR) is 259 cm³/mol.